The number of amides is 1. The molecule has 1 saturated heterocycles. The summed E-state index contributed by atoms with van der Waals surface area (Å²) in [6.07, 6.45) is 1.09. The molecule has 1 aromatic carbocycles. The number of non-ortho nitro benzene ring substituents is 1. The third kappa shape index (κ3) is 2.96. The second kappa shape index (κ2) is 5.99. The molecule has 0 radical (unpaired) electrons. The summed E-state index contributed by atoms with van der Waals surface area (Å²) in [6, 6.07) is 6.21. The molecule has 0 saturated carbocycles. The Labute approximate surface area is 131 Å². The van der Waals surface area contributed by atoms with Gasteiger partial charge in [0, 0.05) is 24.2 Å². The first kappa shape index (κ1) is 14.9. The molecule has 1 N–H and O–H groups in total. The number of rotatable bonds is 5. The van der Waals surface area contributed by atoms with Crippen LogP contribution in [-0.2, 0) is 11.3 Å². The number of carbonyl (C=O) groups excluding carboxylic acids is 1. The fourth-order valence-corrected chi connectivity index (χ4v) is 2.40. The number of hydrogen-bond acceptors (Lipinski definition) is 6. The predicted molar refractivity (Wildman–Crippen MR) is 82.6 cm³/mol. The highest BCUT2D eigenvalue weighted by Gasteiger charge is 2.27. The summed E-state index contributed by atoms with van der Waals surface area (Å²) in [4.78, 5) is 23.7. The topological polar surface area (TPSA) is 97.8 Å². The van der Waals surface area contributed by atoms with E-state index in [2.05, 4.69) is 5.32 Å². The fraction of sp³-hybridized carbons (Fsp3) is 0.267. The zero-order valence-corrected chi connectivity index (χ0v) is 12.4. The Bertz CT molecular complexity index is 755. The number of nitro benzene ring substituents is 1. The Kier molecular flexibility index (Phi) is 3.88. The average molecular weight is 317 g/mol. The Balaban J connectivity index is 1.90. The number of benzene rings is 1. The lowest BCUT2D eigenvalue weighted by atomic mass is 10.2. The highest BCUT2D eigenvalue weighted by atomic mass is 16.6. The molecule has 0 unspecified atom stereocenters. The molecule has 0 atom stereocenters. The molecule has 1 aromatic heterocycles. The summed E-state index contributed by atoms with van der Waals surface area (Å²) in [5, 5.41) is 14.2. The van der Waals surface area contributed by atoms with Crippen LogP contribution in [0.1, 0.15) is 11.3 Å². The van der Waals surface area contributed by atoms with Crippen molar-refractivity contribution in [3.8, 4) is 0 Å². The average Bonchev–Trinajstić information content (AvgIpc) is 3.13. The lowest BCUT2D eigenvalue weighted by molar-refractivity contribution is -0.384. The smallest absolute Gasteiger partial charge is 0.414 e. The van der Waals surface area contributed by atoms with Crippen molar-refractivity contribution in [3.05, 3.63) is 52.0 Å². The van der Waals surface area contributed by atoms with Crippen molar-refractivity contribution >= 4 is 23.2 Å². The molecule has 2 aromatic rings. The second-order valence-electron chi connectivity index (χ2n) is 5.08. The zero-order chi connectivity index (χ0) is 16.4. The molecule has 120 valence electrons. The quantitative estimate of drug-likeness (QED) is 0.672. The van der Waals surface area contributed by atoms with Gasteiger partial charge in [0.2, 0.25) is 0 Å². The van der Waals surface area contributed by atoms with E-state index in [1.54, 1.807) is 12.3 Å². The molecule has 1 fully saturated rings. The first-order valence-corrected chi connectivity index (χ1v) is 7.06. The van der Waals surface area contributed by atoms with Gasteiger partial charge in [-0.05, 0) is 19.1 Å². The molecule has 23 heavy (non-hydrogen) atoms. The van der Waals surface area contributed by atoms with E-state index in [1.807, 2.05) is 13.0 Å². The third-order valence-electron chi connectivity index (χ3n) is 3.68. The van der Waals surface area contributed by atoms with Crippen molar-refractivity contribution in [1.29, 1.82) is 0 Å². The fourth-order valence-electron chi connectivity index (χ4n) is 2.40. The molecule has 8 heteroatoms. The first-order chi connectivity index (χ1) is 11.1. The van der Waals surface area contributed by atoms with E-state index in [4.69, 9.17) is 9.15 Å². The highest BCUT2D eigenvalue weighted by molar-refractivity contribution is 5.94. The van der Waals surface area contributed by atoms with Crippen LogP contribution in [0.4, 0.5) is 21.9 Å². The van der Waals surface area contributed by atoms with Crippen LogP contribution in [0.15, 0.2) is 34.9 Å². The summed E-state index contributed by atoms with van der Waals surface area (Å²) >= 11 is 0. The van der Waals surface area contributed by atoms with E-state index in [0.717, 1.165) is 11.3 Å². The minimum absolute atomic E-state index is 0.0789. The largest absolute Gasteiger partial charge is 0.469 e. The Morgan fingerprint density at radius 3 is 2.83 bits per heavy atom. The van der Waals surface area contributed by atoms with Crippen LogP contribution < -0.4 is 10.2 Å². The molecular formula is C15H15N3O5. The summed E-state index contributed by atoms with van der Waals surface area (Å²) in [5.41, 5.74) is 1.95. The number of anilines is 2. The maximum Gasteiger partial charge on any atom is 0.414 e. The van der Waals surface area contributed by atoms with Crippen LogP contribution in [0.3, 0.4) is 0 Å². The van der Waals surface area contributed by atoms with Crippen molar-refractivity contribution < 1.29 is 18.9 Å². The highest BCUT2D eigenvalue weighted by Crippen LogP contribution is 2.32. The summed E-state index contributed by atoms with van der Waals surface area (Å²) in [5.74, 6) is 0.793. The van der Waals surface area contributed by atoms with Crippen LogP contribution in [0.5, 0.6) is 0 Å². The van der Waals surface area contributed by atoms with Crippen LogP contribution in [-0.4, -0.2) is 24.2 Å². The number of furan rings is 1. The van der Waals surface area contributed by atoms with Gasteiger partial charge in [0.05, 0.1) is 29.1 Å². The molecule has 1 aliphatic heterocycles. The number of nitro groups is 1. The SMILES string of the molecule is Cc1occc1CNc1ccc([N+](=O)[O-])cc1N1CCOC1=O. The van der Waals surface area contributed by atoms with Crippen LogP contribution >= 0.6 is 0 Å². The number of nitrogens with one attached hydrogen (secondary N) is 1. The first-order valence-electron chi connectivity index (χ1n) is 7.06. The molecule has 0 bridgehead atoms. The summed E-state index contributed by atoms with van der Waals surface area (Å²) < 4.78 is 10.2. The number of carbonyl (C=O) groups is 1. The van der Waals surface area contributed by atoms with E-state index < -0.39 is 11.0 Å². The lowest BCUT2D eigenvalue weighted by Crippen LogP contribution is -2.24. The van der Waals surface area contributed by atoms with Crippen LogP contribution in [0.2, 0.25) is 0 Å². The number of ether oxygens (including phenoxy) is 1. The number of cyclic esters (lactones) is 1. The lowest BCUT2D eigenvalue weighted by Gasteiger charge is -2.18. The molecular weight excluding hydrogens is 302 g/mol. The van der Waals surface area contributed by atoms with E-state index in [0.29, 0.717) is 24.5 Å². The second-order valence-corrected chi connectivity index (χ2v) is 5.08. The standard InChI is InChI=1S/C15H15N3O5/c1-10-11(4-6-22-10)9-16-13-3-2-12(18(20)21)8-14(13)17-5-7-23-15(17)19/h2-4,6,8,16H,5,7,9H2,1H3. The van der Waals surface area contributed by atoms with Gasteiger partial charge in [0.15, 0.2) is 0 Å². The normalized spacial score (nSPS) is 14.0. The van der Waals surface area contributed by atoms with Gasteiger partial charge in [-0.25, -0.2) is 4.79 Å². The van der Waals surface area contributed by atoms with Gasteiger partial charge in [0.1, 0.15) is 12.4 Å². The Morgan fingerprint density at radius 1 is 1.39 bits per heavy atom. The van der Waals surface area contributed by atoms with Crippen molar-refractivity contribution in [2.24, 2.45) is 0 Å². The van der Waals surface area contributed by atoms with E-state index in [9.17, 15) is 14.9 Å². The molecule has 3 rings (SSSR count). The van der Waals surface area contributed by atoms with Crippen molar-refractivity contribution in [2.45, 2.75) is 13.5 Å². The molecule has 2 heterocycles. The molecule has 1 aliphatic rings. The molecule has 8 nitrogen and oxygen atoms in total. The maximum atomic E-state index is 11.8. The van der Waals surface area contributed by atoms with Gasteiger partial charge in [-0.2, -0.15) is 0 Å². The van der Waals surface area contributed by atoms with E-state index in [1.165, 1.54) is 17.0 Å². The van der Waals surface area contributed by atoms with Gasteiger partial charge in [0.25, 0.3) is 5.69 Å². The minimum atomic E-state index is -0.506. The zero-order valence-electron chi connectivity index (χ0n) is 12.4. The van der Waals surface area contributed by atoms with Crippen LogP contribution in [0.25, 0.3) is 0 Å². The van der Waals surface area contributed by atoms with Gasteiger partial charge < -0.3 is 14.5 Å². The number of aryl methyl sites for hydroxylation is 1. The number of hydrogen-bond donors (Lipinski definition) is 1. The monoisotopic (exact) mass is 317 g/mol. The van der Waals surface area contributed by atoms with Crippen LogP contribution in [0, 0.1) is 17.0 Å². The van der Waals surface area contributed by atoms with Gasteiger partial charge in [-0.1, -0.05) is 0 Å². The molecule has 0 spiro atoms. The number of nitrogens with zero attached hydrogens (tertiary/aromatic N) is 2. The van der Waals surface area contributed by atoms with E-state index in [-0.39, 0.29) is 12.3 Å². The molecule has 0 aliphatic carbocycles. The van der Waals surface area contributed by atoms with Gasteiger partial charge in [-0.15, -0.1) is 0 Å². The van der Waals surface area contributed by atoms with Gasteiger partial charge in [-0.3, -0.25) is 15.0 Å². The summed E-state index contributed by atoms with van der Waals surface area (Å²) in [7, 11) is 0. The van der Waals surface area contributed by atoms with Gasteiger partial charge >= 0.3 is 6.09 Å². The molecule has 1 amide bonds. The van der Waals surface area contributed by atoms with Crippen molar-refractivity contribution in [1.82, 2.24) is 0 Å². The van der Waals surface area contributed by atoms with E-state index >= 15 is 0 Å². The van der Waals surface area contributed by atoms with Crippen molar-refractivity contribution in [2.75, 3.05) is 23.4 Å². The minimum Gasteiger partial charge on any atom is -0.469 e. The summed E-state index contributed by atoms with van der Waals surface area (Å²) in [6.45, 7) is 2.96. The Morgan fingerprint density at radius 2 is 2.22 bits per heavy atom. The maximum absolute atomic E-state index is 11.8. The van der Waals surface area contributed by atoms with Crippen molar-refractivity contribution in [3.63, 3.8) is 0 Å². The third-order valence-corrected chi connectivity index (χ3v) is 3.68. The predicted octanol–water partition coefficient (Wildman–Crippen LogP) is 3.06. The Hall–Kier alpha value is -3.03.